The standard InChI is InChI=1S/C31H36FN3O2.CH4/c1-20(34-29(36)31(5,6)7)28(21-8-10-23(11-9-21)30(2,3)4)37-26-16-17-27-22(18-26)19-33-35(27)25-14-12-24(32)13-15-25;/h8-20,28H,1-7H3,(H,34,36);1H4/t20-,28-;/m0./s1. The van der Waals surface area contributed by atoms with Gasteiger partial charge in [0.05, 0.1) is 23.4 Å². The van der Waals surface area contributed by atoms with Crippen LogP contribution in [0, 0.1) is 11.2 Å². The number of aromatic nitrogens is 2. The van der Waals surface area contributed by atoms with E-state index in [-0.39, 0.29) is 30.6 Å². The van der Waals surface area contributed by atoms with Gasteiger partial charge in [-0.2, -0.15) is 5.10 Å². The summed E-state index contributed by atoms with van der Waals surface area (Å²) in [6, 6.07) is 20.2. The lowest BCUT2D eigenvalue weighted by molar-refractivity contribution is -0.129. The van der Waals surface area contributed by atoms with Gasteiger partial charge in [0.15, 0.2) is 0 Å². The van der Waals surface area contributed by atoms with Crippen molar-refractivity contribution < 1.29 is 13.9 Å². The van der Waals surface area contributed by atoms with Crippen molar-refractivity contribution in [3.05, 3.63) is 89.9 Å². The number of nitrogens with one attached hydrogen (secondary N) is 1. The van der Waals surface area contributed by atoms with Crippen LogP contribution in [0.15, 0.2) is 72.9 Å². The number of ether oxygens (including phenoxy) is 1. The molecule has 0 spiro atoms. The van der Waals surface area contributed by atoms with E-state index in [2.05, 4.69) is 55.5 Å². The first-order chi connectivity index (χ1) is 17.3. The maximum absolute atomic E-state index is 13.4. The number of nitrogens with zero attached hydrogens (tertiary/aromatic N) is 2. The van der Waals surface area contributed by atoms with Gasteiger partial charge in [-0.15, -0.1) is 0 Å². The number of rotatable bonds is 6. The highest BCUT2D eigenvalue weighted by molar-refractivity contribution is 5.82. The monoisotopic (exact) mass is 517 g/mol. The first kappa shape index (κ1) is 28.9. The molecule has 0 radical (unpaired) electrons. The molecule has 2 atom stereocenters. The fraction of sp³-hybridized carbons (Fsp3) is 0.375. The molecule has 4 rings (SSSR count). The molecule has 38 heavy (non-hydrogen) atoms. The highest BCUT2D eigenvalue weighted by atomic mass is 19.1. The summed E-state index contributed by atoms with van der Waals surface area (Å²) >= 11 is 0. The Labute approximate surface area is 226 Å². The average Bonchev–Trinajstić information content (AvgIpc) is 3.25. The van der Waals surface area contributed by atoms with Crippen molar-refractivity contribution in [2.24, 2.45) is 5.41 Å². The van der Waals surface area contributed by atoms with E-state index in [1.165, 1.54) is 17.7 Å². The largest absolute Gasteiger partial charge is 0.484 e. The zero-order valence-corrected chi connectivity index (χ0v) is 22.7. The zero-order chi connectivity index (χ0) is 27.0. The molecule has 1 amide bonds. The van der Waals surface area contributed by atoms with E-state index in [4.69, 9.17) is 4.74 Å². The Kier molecular flexibility index (Phi) is 8.35. The van der Waals surface area contributed by atoms with Crippen molar-refractivity contribution in [3.8, 4) is 11.4 Å². The molecule has 0 aliphatic carbocycles. The van der Waals surface area contributed by atoms with Gasteiger partial charge in [-0.3, -0.25) is 4.79 Å². The van der Waals surface area contributed by atoms with Gasteiger partial charge in [-0.25, -0.2) is 9.07 Å². The maximum atomic E-state index is 13.4. The van der Waals surface area contributed by atoms with Gasteiger partial charge in [-0.1, -0.05) is 73.2 Å². The normalized spacial score (nSPS) is 13.5. The van der Waals surface area contributed by atoms with Crippen LogP contribution in [-0.2, 0) is 10.2 Å². The van der Waals surface area contributed by atoms with Crippen LogP contribution in [0.25, 0.3) is 16.6 Å². The summed E-state index contributed by atoms with van der Waals surface area (Å²) in [7, 11) is 0. The molecule has 0 saturated heterocycles. The quantitative estimate of drug-likeness (QED) is 0.284. The predicted molar refractivity (Wildman–Crippen MR) is 153 cm³/mol. The van der Waals surface area contributed by atoms with Crippen molar-refractivity contribution in [3.63, 3.8) is 0 Å². The minimum atomic E-state index is -0.511. The van der Waals surface area contributed by atoms with Crippen LogP contribution >= 0.6 is 0 Å². The van der Waals surface area contributed by atoms with Crippen LogP contribution in [0.2, 0.25) is 0 Å². The highest BCUT2D eigenvalue weighted by Gasteiger charge is 2.28. The first-order valence-electron chi connectivity index (χ1n) is 12.6. The molecule has 0 bridgehead atoms. The van der Waals surface area contributed by atoms with Gasteiger partial charge in [0.25, 0.3) is 0 Å². The molecule has 1 aromatic heterocycles. The van der Waals surface area contributed by atoms with Crippen LogP contribution in [0.5, 0.6) is 5.75 Å². The van der Waals surface area contributed by atoms with Gasteiger partial charge in [0.2, 0.25) is 5.91 Å². The van der Waals surface area contributed by atoms with E-state index in [9.17, 15) is 9.18 Å². The van der Waals surface area contributed by atoms with Crippen LogP contribution in [-0.4, -0.2) is 21.7 Å². The van der Waals surface area contributed by atoms with Crippen molar-refractivity contribution in [1.29, 1.82) is 0 Å². The van der Waals surface area contributed by atoms with Gasteiger partial charge >= 0.3 is 0 Å². The second kappa shape index (κ2) is 11.0. The number of carbonyl (C=O) groups excluding carboxylic acids is 1. The van der Waals surface area contributed by atoms with Crippen LogP contribution in [0.3, 0.4) is 0 Å². The Morgan fingerprint density at radius 3 is 2.16 bits per heavy atom. The molecule has 202 valence electrons. The van der Waals surface area contributed by atoms with E-state index < -0.39 is 11.5 Å². The minimum Gasteiger partial charge on any atom is -0.484 e. The SMILES string of the molecule is C.C[C@H](NC(=O)C(C)(C)C)[C@H](Oc1ccc2c(cnn2-c2ccc(F)cc2)c1)c1ccc(C(C)(C)C)cc1. The molecule has 5 nitrogen and oxygen atoms in total. The maximum Gasteiger partial charge on any atom is 0.225 e. The molecule has 0 aliphatic heterocycles. The van der Waals surface area contributed by atoms with E-state index in [1.54, 1.807) is 23.0 Å². The number of hydrogen-bond donors (Lipinski definition) is 1. The lowest BCUT2D eigenvalue weighted by Crippen LogP contribution is -2.44. The zero-order valence-electron chi connectivity index (χ0n) is 22.7. The summed E-state index contributed by atoms with van der Waals surface area (Å²) in [5.41, 5.74) is 3.41. The predicted octanol–water partition coefficient (Wildman–Crippen LogP) is 7.77. The van der Waals surface area contributed by atoms with Crippen LogP contribution < -0.4 is 10.1 Å². The van der Waals surface area contributed by atoms with Crippen molar-refractivity contribution in [2.45, 2.75) is 73.5 Å². The third kappa shape index (κ3) is 6.42. The Bertz CT molecular complexity index is 1380. The van der Waals surface area contributed by atoms with E-state index in [0.717, 1.165) is 22.2 Å². The van der Waals surface area contributed by atoms with Crippen molar-refractivity contribution >= 4 is 16.8 Å². The first-order valence-corrected chi connectivity index (χ1v) is 12.6. The van der Waals surface area contributed by atoms with E-state index in [0.29, 0.717) is 5.75 Å². The molecule has 0 aliphatic rings. The molecule has 0 saturated carbocycles. The Morgan fingerprint density at radius 1 is 0.947 bits per heavy atom. The summed E-state index contributed by atoms with van der Waals surface area (Å²) in [5, 5.41) is 8.53. The summed E-state index contributed by atoms with van der Waals surface area (Å²) < 4.78 is 21.7. The number of amides is 1. The number of hydrogen-bond acceptors (Lipinski definition) is 3. The topological polar surface area (TPSA) is 56.1 Å². The molecule has 0 fully saturated rings. The minimum absolute atomic E-state index is 0. The average molecular weight is 518 g/mol. The summed E-state index contributed by atoms with van der Waals surface area (Å²) in [5.74, 6) is 0.356. The highest BCUT2D eigenvalue weighted by Crippen LogP contribution is 2.31. The lowest BCUT2D eigenvalue weighted by Gasteiger charge is -2.29. The van der Waals surface area contributed by atoms with E-state index >= 15 is 0 Å². The van der Waals surface area contributed by atoms with Crippen molar-refractivity contribution in [2.75, 3.05) is 0 Å². The second-order valence-electron chi connectivity index (χ2n) is 11.7. The van der Waals surface area contributed by atoms with Gasteiger partial charge in [0.1, 0.15) is 17.7 Å². The van der Waals surface area contributed by atoms with Crippen molar-refractivity contribution in [1.82, 2.24) is 15.1 Å². The number of benzene rings is 3. The van der Waals surface area contributed by atoms with Crippen LogP contribution in [0.4, 0.5) is 4.39 Å². The molecular weight excluding hydrogens is 477 g/mol. The molecule has 3 aromatic carbocycles. The summed E-state index contributed by atoms with van der Waals surface area (Å²) in [6.45, 7) is 14.2. The number of carbonyl (C=O) groups is 1. The lowest BCUT2D eigenvalue weighted by atomic mass is 9.86. The molecule has 0 unspecified atom stereocenters. The van der Waals surface area contributed by atoms with Gasteiger partial charge in [0, 0.05) is 10.8 Å². The van der Waals surface area contributed by atoms with Gasteiger partial charge < -0.3 is 10.1 Å². The summed E-state index contributed by atoms with van der Waals surface area (Å²) in [4.78, 5) is 12.8. The Hall–Kier alpha value is -3.67. The summed E-state index contributed by atoms with van der Waals surface area (Å²) in [6.07, 6.45) is 1.37. The third-order valence-corrected chi connectivity index (χ3v) is 6.47. The number of halogens is 1. The molecule has 1 N–H and O–H groups in total. The molecule has 4 aromatic rings. The Morgan fingerprint density at radius 2 is 1.58 bits per heavy atom. The smallest absolute Gasteiger partial charge is 0.225 e. The second-order valence-corrected chi connectivity index (χ2v) is 11.7. The van der Waals surface area contributed by atoms with E-state index in [1.807, 2.05) is 45.9 Å². The molecular formula is C32H40FN3O2. The third-order valence-electron chi connectivity index (χ3n) is 6.47. The number of fused-ring (bicyclic) bond motifs is 1. The molecule has 6 heteroatoms. The van der Waals surface area contributed by atoms with Crippen LogP contribution in [0.1, 0.15) is 73.1 Å². The fourth-order valence-electron chi connectivity index (χ4n) is 4.15. The Balaban J connectivity index is 0.00000400. The van der Waals surface area contributed by atoms with Gasteiger partial charge in [-0.05, 0) is 65.9 Å². The molecule has 1 heterocycles. The fourth-order valence-corrected chi connectivity index (χ4v) is 4.15.